The largest absolute Gasteiger partial charge is 0.492 e. The fourth-order valence-corrected chi connectivity index (χ4v) is 3.00. The number of benzene rings is 1. The van der Waals surface area contributed by atoms with Crippen LogP contribution in [0.4, 0.5) is 11.4 Å². The second-order valence-electron chi connectivity index (χ2n) is 6.02. The molecule has 146 valence electrons. The van der Waals surface area contributed by atoms with E-state index in [0.717, 1.165) is 68.6 Å². The van der Waals surface area contributed by atoms with Crippen LogP contribution < -0.4 is 25.0 Å². The molecule has 0 aromatic heterocycles. The molecule has 0 amide bonds. The average Bonchev–Trinajstić information content (AvgIpc) is 2.65. The molecule has 1 aromatic carbocycles. The first-order valence-corrected chi connectivity index (χ1v) is 9.91. The van der Waals surface area contributed by atoms with E-state index in [1.165, 1.54) is 0 Å². The molecule has 6 nitrogen and oxygen atoms in total. The van der Waals surface area contributed by atoms with Gasteiger partial charge in [0.1, 0.15) is 11.5 Å². The Morgan fingerprint density at radius 3 is 2.46 bits per heavy atom. The van der Waals surface area contributed by atoms with Crippen molar-refractivity contribution in [2.24, 2.45) is 0 Å². The first-order chi connectivity index (χ1) is 12.7. The zero-order valence-electron chi connectivity index (χ0n) is 16.1. The van der Waals surface area contributed by atoms with Gasteiger partial charge in [0.15, 0.2) is 5.11 Å². The van der Waals surface area contributed by atoms with E-state index < -0.39 is 0 Å². The second kappa shape index (κ2) is 11.1. The zero-order chi connectivity index (χ0) is 18.8. The summed E-state index contributed by atoms with van der Waals surface area (Å²) in [7, 11) is 0. The molecule has 0 unspecified atom stereocenters. The van der Waals surface area contributed by atoms with Gasteiger partial charge in [-0.25, -0.2) is 0 Å². The minimum atomic E-state index is 0.585. The van der Waals surface area contributed by atoms with Crippen molar-refractivity contribution in [3.8, 4) is 11.5 Å². The first-order valence-electron chi connectivity index (χ1n) is 9.50. The van der Waals surface area contributed by atoms with Crippen LogP contribution in [0.15, 0.2) is 12.1 Å². The Hall–Kier alpha value is -1.73. The summed E-state index contributed by atoms with van der Waals surface area (Å²) in [5, 5.41) is 7.08. The Kier molecular flexibility index (Phi) is 8.77. The van der Waals surface area contributed by atoms with Crippen molar-refractivity contribution < 1.29 is 14.2 Å². The van der Waals surface area contributed by atoms with Gasteiger partial charge in [0, 0.05) is 31.8 Å². The van der Waals surface area contributed by atoms with Gasteiger partial charge in [-0.1, -0.05) is 13.3 Å². The van der Waals surface area contributed by atoms with Crippen molar-refractivity contribution in [2.75, 3.05) is 56.3 Å². The Balaban J connectivity index is 2.24. The van der Waals surface area contributed by atoms with E-state index in [9.17, 15) is 0 Å². The fourth-order valence-electron chi connectivity index (χ4n) is 2.79. The maximum Gasteiger partial charge on any atom is 0.170 e. The van der Waals surface area contributed by atoms with Crippen LogP contribution in [0.3, 0.4) is 0 Å². The minimum Gasteiger partial charge on any atom is -0.492 e. The van der Waals surface area contributed by atoms with Crippen LogP contribution in [0.25, 0.3) is 0 Å². The van der Waals surface area contributed by atoms with Crippen molar-refractivity contribution in [2.45, 2.75) is 33.6 Å². The third-order valence-corrected chi connectivity index (χ3v) is 4.32. The fraction of sp³-hybridized carbons (Fsp3) is 0.632. The smallest absolute Gasteiger partial charge is 0.170 e. The molecular weight excluding hydrogens is 350 g/mol. The lowest BCUT2D eigenvalue weighted by Gasteiger charge is -2.31. The topological polar surface area (TPSA) is 55.0 Å². The predicted molar refractivity (Wildman–Crippen MR) is 111 cm³/mol. The highest BCUT2D eigenvalue weighted by molar-refractivity contribution is 7.80. The normalized spacial score (nSPS) is 14.0. The quantitative estimate of drug-likeness (QED) is 0.502. The number of ether oxygens (including phenoxy) is 3. The Morgan fingerprint density at radius 2 is 1.81 bits per heavy atom. The van der Waals surface area contributed by atoms with Crippen LogP contribution in [0, 0.1) is 0 Å². The number of nitrogens with zero attached hydrogens (tertiary/aromatic N) is 1. The molecule has 1 aliphatic heterocycles. The summed E-state index contributed by atoms with van der Waals surface area (Å²) < 4.78 is 17.2. The van der Waals surface area contributed by atoms with Gasteiger partial charge in [-0.05, 0) is 32.5 Å². The van der Waals surface area contributed by atoms with Crippen LogP contribution in [-0.4, -0.2) is 51.2 Å². The molecule has 1 fully saturated rings. The highest BCUT2D eigenvalue weighted by Gasteiger charge is 2.20. The summed E-state index contributed by atoms with van der Waals surface area (Å²) in [5.41, 5.74) is 1.86. The average molecular weight is 382 g/mol. The van der Waals surface area contributed by atoms with Gasteiger partial charge < -0.3 is 29.7 Å². The SMILES string of the molecule is CCCCNC(=S)Nc1cc(OCC)c(N2CCOCC2)cc1OCC. The van der Waals surface area contributed by atoms with Crippen LogP contribution in [0.1, 0.15) is 33.6 Å². The maximum atomic E-state index is 5.90. The summed E-state index contributed by atoms with van der Waals surface area (Å²) in [4.78, 5) is 2.28. The molecule has 0 atom stereocenters. The molecule has 1 saturated heterocycles. The van der Waals surface area contributed by atoms with Crippen molar-refractivity contribution in [3.63, 3.8) is 0 Å². The Labute approximate surface area is 162 Å². The third-order valence-electron chi connectivity index (χ3n) is 4.08. The van der Waals surface area contributed by atoms with E-state index in [1.54, 1.807) is 0 Å². The number of nitrogens with one attached hydrogen (secondary N) is 2. The number of morpholine rings is 1. The molecule has 0 saturated carbocycles. The zero-order valence-corrected chi connectivity index (χ0v) is 16.9. The standard InChI is InChI=1S/C19H31N3O3S/c1-4-7-8-20-19(26)21-15-13-18(25-6-3)16(14-17(15)24-5-2)22-9-11-23-12-10-22/h13-14H,4-12H2,1-3H3,(H2,20,21,26). The summed E-state index contributed by atoms with van der Waals surface area (Å²) in [5.74, 6) is 1.61. The van der Waals surface area contributed by atoms with Crippen molar-refractivity contribution in [1.82, 2.24) is 5.32 Å². The molecule has 2 N–H and O–H groups in total. The summed E-state index contributed by atoms with van der Waals surface area (Å²) in [6, 6.07) is 4.02. The molecule has 1 aromatic rings. The van der Waals surface area contributed by atoms with E-state index >= 15 is 0 Å². The lowest BCUT2D eigenvalue weighted by Crippen LogP contribution is -2.36. The number of hydrogen-bond donors (Lipinski definition) is 2. The van der Waals surface area contributed by atoms with Gasteiger partial charge in [-0.15, -0.1) is 0 Å². The molecular formula is C19H31N3O3S. The monoisotopic (exact) mass is 381 g/mol. The lowest BCUT2D eigenvalue weighted by atomic mass is 10.2. The van der Waals surface area contributed by atoms with Crippen LogP contribution >= 0.6 is 12.2 Å². The second-order valence-corrected chi connectivity index (χ2v) is 6.42. The molecule has 26 heavy (non-hydrogen) atoms. The number of thiocarbonyl (C=S) groups is 1. The number of unbranched alkanes of at least 4 members (excludes halogenated alkanes) is 1. The highest BCUT2D eigenvalue weighted by Crippen LogP contribution is 2.39. The number of anilines is 2. The van der Waals surface area contributed by atoms with E-state index in [-0.39, 0.29) is 0 Å². The molecule has 1 heterocycles. The molecule has 0 spiro atoms. The molecule has 2 rings (SSSR count). The van der Waals surface area contributed by atoms with Gasteiger partial charge in [0.2, 0.25) is 0 Å². The molecule has 0 bridgehead atoms. The van der Waals surface area contributed by atoms with Crippen LogP contribution in [-0.2, 0) is 4.74 Å². The van der Waals surface area contributed by atoms with Gasteiger partial charge >= 0.3 is 0 Å². The summed E-state index contributed by atoms with van der Waals surface area (Å²) in [6.07, 6.45) is 2.21. The van der Waals surface area contributed by atoms with Crippen molar-refractivity contribution in [1.29, 1.82) is 0 Å². The highest BCUT2D eigenvalue weighted by atomic mass is 32.1. The van der Waals surface area contributed by atoms with Gasteiger partial charge in [0.05, 0.1) is 37.8 Å². The molecule has 0 radical (unpaired) electrons. The van der Waals surface area contributed by atoms with Crippen LogP contribution in [0.5, 0.6) is 11.5 Å². The van der Waals surface area contributed by atoms with Gasteiger partial charge in [-0.2, -0.15) is 0 Å². The van der Waals surface area contributed by atoms with Gasteiger partial charge in [-0.3, -0.25) is 0 Å². The van der Waals surface area contributed by atoms with Crippen molar-refractivity contribution >= 4 is 28.7 Å². The molecule has 1 aliphatic rings. The Bertz CT molecular complexity index is 577. The van der Waals surface area contributed by atoms with Crippen LogP contribution in [0.2, 0.25) is 0 Å². The van der Waals surface area contributed by atoms with Crippen molar-refractivity contribution in [3.05, 3.63) is 12.1 Å². The van der Waals surface area contributed by atoms with E-state index in [0.29, 0.717) is 18.3 Å². The minimum absolute atomic E-state index is 0.585. The van der Waals surface area contributed by atoms with E-state index in [2.05, 4.69) is 22.5 Å². The molecule has 0 aliphatic carbocycles. The van der Waals surface area contributed by atoms with E-state index in [4.69, 9.17) is 26.4 Å². The summed E-state index contributed by atoms with van der Waals surface area (Å²) in [6.45, 7) is 11.3. The third kappa shape index (κ3) is 5.92. The summed E-state index contributed by atoms with van der Waals surface area (Å²) >= 11 is 5.41. The van der Waals surface area contributed by atoms with E-state index in [1.807, 2.05) is 26.0 Å². The first kappa shape index (κ1) is 20.6. The lowest BCUT2D eigenvalue weighted by molar-refractivity contribution is 0.122. The maximum absolute atomic E-state index is 5.90. The van der Waals surface area contributed by atoms with Gasteiger partial charge in [0.25, 0.3) is 0 Å². The number of hydrogen-bond acceptors (Lipinski definition) is 5. The number of rotatable bonds is 9. The molecule has 7 heteroatoms. The Morgan fingerprint density at radius 1 is 1.12 bits per heavy atom. The predicted octanol–water partition coefficient (Wildman–Crippen LogP) is 3.41.